The maximum Gasteiger partial charge on any atom is 0.234 e. The van der Waals surface area contributed by atoms with Crippen molar-refractivity contribution in [3.63, 3.8) is 0 Å². The second kappa shape index (κ2) is 6.66. The summed E-state index contributed by atoms with van der Waals surface area (Å²) in [5.41, 5.74) is 2.52. The molecule has 116 valence electrons. The Morgan fingerprint density at radius 3 is 2.91 bits per heavy atom. The lowest BCUT2D eigenvalue weighted by Gasteiger charge is -2.20. The Labute approximate surface area is 130 Å². The van der Waals surface area contributed by atoms with Crippen molar-refractivity contribution in [1.82, 2.24) is 10.2 Å². The Morgan fingerprint density at radius 1 is 1.23 bits per heavy atom. The number of benzene rings is 1. The quantitative estimate of drug-likeness (QED) is 0.936. The van der Waals surface area contributed by atoms with Gasteiger partial charge in [-0.3, -0.25) is 9.69 Å². The fraction of sp³-hybridized carbons (Fsp3) is 0.353. The first-order valence-electron chi connectivity index (χ1n) is 7.53. The van der Waals surface area contributed by atoms with E-state index in [4.69, 9.17) is 4.42 Å². The highest BCUT2D eigenvalue weighted by atomic mass is 16.3. The lowest BCUT2D eigenvalue weighted by molar-refractivity contribution is -0.122. The highest BCUT2D eigenvalue weighted by Gasteiger charge is 2.18. The molecule has 0 fully saturated rings. The Bertz CT molecular complexity index is 625. The van der Waals surface area contributed by atoms with Crippen molar-refractivity contribution in [3.05, 3.63) is 54.0 Å². The Hall–Kier alpha value is -2.27. The van der Waals surface area contributed by atoms with Crippen LogP contribution in [0.25, 0.3) is 0 Å². The molecular formula is C17H21N3O2. The number of anilines is 1. The standard InChI is InChI=1S/C17H21N3O2/c1-19-8-9-20(12-14-5-2-3-7-16(14)19)13-17(21)18-11-15-6-4-10-22-15/h2-7,10H,8-9,11-13H2,1H3,(H,18,21). The first-order valence-corrected chi connectivity index (χ1v) is 7.53. The van der Waals surface area contributed by atoms with Gasteiger partial charge in [-0.25, -0.2) is 0 Å². The zero-order valence-corrected chi connectivity index (χ0v) is 12.8. The number of likely N-dealkylation sites (N-methyl/N-ethyl adjacent to an activating group) is 1. The summed E-state index contributed by atoms with van der Waals surface area (Å²) >= 11 is 0. The molecule has 1 N–H and O–H groups in total. The average Bonchev–Trinajstić information content (AvgIpc) is 2.99. The lowest BCUT2D eigenvalue weighted by Crippen LogP contribution is -2.38. The van der Waals surface area contributed by atoms with E-state index in [1.807, 2.05) is 18.2 Å². The van der Waals surface area contributed by atoms with Crippen molar-refractivity contribution in [3.8, 4) is 0 Å². The van der Waals surface area contributed by atoms with Crippen molar-refractivity contribution >= 4 is 11.6 Å². The molecule has 2 heterocycles. The SMILES string of the molecule is CN1CCN(CC(=O)NCc2ccco2)Cc2ccccc21. The Kier molecular flexibility index (Phi) is 4.44. The number of nitrogens with one attached hydrogen (secondary N) is 1. The third-order valence-electron chi connectivity index (χ3n) is 3.96. The minimum absolute atomic E-state index is 0.0263. The Morgan fingerprint density at radius 2 is 2.09 bits per heavy atom. The van der Waals surface area contributed by atoms with Gasteiger partial charge in [0.15, 0.2) is 0 Å². The van der Waals surface area contributed by atoms with Crippen molar-refractivity contribution in [1.29, 1.82) is 0 Å². The molecule has 0 atom stereocenters. The summed E-state index contributed by atoms with van der Waals surface area (Å²) in [5.74, 6) is 0.799. The van der Waals surface area contributed by atoms with Gasteiger partial charge in [0, 0.05) is 32.4 Å². The zero-order chi connectivity index (χ0) is 15.4. The molecule has 0 spiro atoms. The number of carbonyl (C=O) groups excluding carboxylic acids is 1. The van der Waals surface area contributed by atoms with Gasteiger partial charge in [-0.2, -0.15) is 0 Å². The minimum atomic E-state index is 0.0263. The molecule has 1 aromatic carbocycles. The van der Waals surface area contributed by atoms with E-state index in [1.165, 1.54) is 11.3 Å². The summed E-state index contributed by atoms with van der Waals surface area (Å²) in [5, 5.41) is 2.90. The molecule has 1 aliphatic heterocycles. The molecule has 1 aliphatic rings. The molecule has 0 saturated heterocycles. The fourth-order valence-corrected chi connectivity index (χ4v) is 2.74. The van der Waals surface area contributed by atoms with Gasteiger partial charge in [0.2, 0.25) is 5.91 Å². The van der Waals surface area contributed by atoms with Crippen LogP contribution in [-0.4, -0.2) is 37.5 Å². The van der Waals surface area contributed by atoms with Gasteiger partial charge in [0.1, 0.15) is 5.76 Å². The highest BCUT2D eigenvalue weighted by Crippen LogP contribution is 2.23. The van der Waals surface area contributed by atoms with Crippen LogP contribution in [0.15, 0.2) is 47.1 Å². The number of rotatable bonds is 4. The second-order valence-corrected chi connectivity index (χ2v) is 5.62. The van der Waals surface area contributed by atoms with Crippen molar-refractivity contribution in [2.45, 2.75) is 13.1 Å². The van der Waals surface area contributed by atoms with E-state index in [0.717, 1.165) is 25.4 Å². The van der Waals surface area contributed by atoms with Crippen molar-refractivity contribution in [2.75, 3.05) is 31.6 Å². The molecule has 0 saturated carbocycles. The van der Waals surface area contributed by atoms with Gasteiger partial charge in [-0.1, -0.05) is 18.2 Å². The molecule has 1 amide bonds. The van der Waals surface area contributed by atoms with Gasteiger partial charge in [0.05, 0.1) is 19.4 Å². The Balaban J connectivity index is 1.58. The lowest BCUT2D eigenvalue weighted by atomic mass is 10.1. The number of hydrogen-bond acceptors (Lipinski definition) is 4. The van der Waals surface area contributed by atoms with Crippen LogP contribution in [0.1, 0.15) is 11.3 Å². The largest absolute Gasteiger partial charge is 0.467 e. The van der Waals surface area contributed by atoms with Crippen LogP contribution in [0.3, 0.4) is 0 Å². The maximum absolute atomic E-state index is 12.1. The molecule has 1 aromatic heterocycles. The molecule has 0 unspecified atom stereocenters. The number of nitrogens with zero attached hydrogens (tertiary/aromatic N) is 2. The molecular weight excluding hydrogens is 278 g/mol. The summed E-state index contributed by atoms with van der Waals surface area (Å²) in [4.78, 5) is 16.5. The van der Waals surface area contributed by atoms with Crippen LogP contribution in [-0.2, 0) is 17.9 Å². The summed E-state index contributed by atoms with van der Waals surface area (Å²) in [6, 6.07) is 12.1. The second-order valence-electron chi connectivity index (χ2n) is 5.62. The van der Waals surface area contributed by atoms with E-state index in [9.17, 15) is 4.79 Å². The first kappa shape index (κ1) is 14.7. The van der Waals surface area contributed by atoms with Gasteiger partial charge >= 0.3 is 0 Å². The van der Waals surface area contributed by atoms with Gasteiger partial charge in [-0.05, 0) is 23.8 Å². The van der Waals surface area contributed by atoms with E-state index in [0.29, 0.717) is 13.1 Å². The molecule has 5 nitrogen and oxygen atoms in total. The topological polar surface area (TPSA) is 48.7 Å². The van der Waals surface area contributed by atoms with Crippen LogP contribution in [0.5, 0.6) is 0 Å². The van der Waals surface area contributed by atoms with E-state index < -0.39 is 0 Å². The molecule has 22 heavy (non-hydrogen) atoms. The number of fused-ring (bicyclic) bond motifs is 1. The summed E-state index contributed by atoms with van der Waals surface area (Å²) in [6.07, 6.45) is 1.61. The number of furan rings is 1. The van der Waals surface area contributed by atoms with Gasteiger partial charge < -0.3 is 14.6 Å². The van der Waals surface area contributed by atoms with Gasteiger partial charge in [-0.15, -0.1) is 0 Å². The molecule has 5 heteroatoms. The van der Waals surface area contributed by atoms with Crippen LogP contribution >= 0.6 is 0 Å². The predicted octanol–water partition coefficient (Wildman–Crippen LogP) is 1.85. The number of para-hydroxylation sites is 1. The fourth-order valence-electron chi connectivity index (χ4n) is 2.74. The summed E-state index contributed by atoms with van der Waals surface area (Å²) in [6.45, 7) is 3.44. The van der Waals surface area contributed by atoms with Crippen molar-refractivity contribution in [2.24, 2.45) is 0 Å². The summed E-state index contributed by atoms with van der Waals surface area (Å²) in [7, 11) is 2.10. The monoisotopic (exact) mass is 299 g/mol. The van der Waals surface area contributed by atoms with Crippen LogP contribution < -0.4 is 10.2 Å². The number of amides is 1. The number of hydrogen-bond donors (Lipinski definition) is 1. The first-order chi connectivity index (χ1) is 10.7. The van der Waals surface area contributed by atoms with Crippen LogP contribution in [0, 0.1) is 0 Å². The zero-order valence-electron chi connectivity index (χ0n) is 12.8. The molecule has 0 radical (unpaired) electrons. The van der Waals surface area contributed by atoms with Gasteiger partial charge in [0.25, 0.3) is 0 Å². The summed E-state index contributed by atoms with van der Waals surface area (Å²) < 4.78 is 5.22. The third kappa shape index (κ3) is 3.49. The normalized spacial score (nSPS) is 15.2. The molecule has 2 aromatic rings. The van der Waals surface area contributed by atoms with E-state index in [1.54, 1.807) is 6.26 Å². The van der Waals surface area contributed by atoms with E-state index in [2.05, 4.69) is 40.4 Å². The molecule has 0 bridgehead atoms. The predicted molar refractivity (Wildman–Crippen MR) is 85.5 cm³/mol. The average molecular weight is 299 g/mol. The third-order valence-corrected chi connectivity index (χ3v) is 3.96. The highest BCUT2D eigenvalue weighted by molar-refractivity contribution is 5.78. The molecule has 0 aliphatic carbocycles. The van der Waals surface area contributed by atoms with E-state index >= 15 is 0 Å². The number of carbonyl (C=O) groups is 1. The van der Waals surface area contributed by atoms with Crippen LogP contribution in [0.2, 0.25) is 0 Å². The minimum Gasteiger partial charge on any atom is -0.467 e. The molecule has 3 rings (SSSR count). The smallest absolute Gasteiger partial charge is 0.234 e. The van der Waals surface area contributed by atoms with Crippen molar-refractivity contribution < 1.29 is 9.21 Å². The maximum atomic E-state index is 12.1. The van der Waals surface area contributed by atoms with Crippen LogP contribution in [0.4, 0.5) is 5.69 Å². The van der Waals surface area contributed by atoms with E-state index in [-0.39, 0.29) is 5.91 Å².